The molecule has 3 N–H and O–H groups in total. The van der Waals surface area contributed by atoms with E-state index in [-0.39, 0.29) is 12.4 Å². The van der Waals surface area contributed by atoms with E-state index in [0.29, 0.717) is 0 Å². The molecule has 1 saturated heterocycles. The van der Waals surface area contributed by atoms with Gasteiger partial charge in [0.15, 0.2) is 17.8 Å². The van der Waals surface area contributed by atoms with Crippen LogP contribution in [-0.2, 0) is 0 Å². The van der Waals surface area contributed by atoms with Crippen molar-refractivity contribution < 1.29 is 9.47 Å². The van der Waals surface area contributed by atoms with Crippen molar-refractivity contribution in [2.24, 2.45) is 4.99 Å². The Morgan fingerprint density at radius 2 is 1.93 bits per heavy atom. The number of aliphatic imine (C=N–C) groups is 1. The largest absolute Gasteiger partial charge is 0.493 e. The highest BCUT2D eigenvalue weighted by molar-refractivity contribution is 5.94. The minimum absolute atomic E-state index is 0.226. The Morgan fingerprint density at radius 3 is 2.61 bits per heavy atom. The lowest BCUT2D eigenvalue weighted by atomic mass is 10.1. The molecule has 0 spiro atoms. The van der Waals surface area contributed by atoms with Crippen LogP contribution in [0.4, 0.5) is 5.69 Å². The smallest absolute Gasteiger partial charge is 0.196 e. The molecule has 7 nitrogen and oxygen atoms in total. The number of likely N-dealkylation sites (N-methyl/N-ethyl adjacent to an activating group) is 1. The zero-order valence-corrected chi connectivity index (χ0v) is 17.0. The highest BCUT2D eigenvalue weighted by Gasteiger charge is 2.32. The molecule has 2 aliphatic heterocycles. The fraction of sp³-hybridized carbons (Fsp3) is 0.571. The van der Waals surface area contributed by atoms with Gasteiger partial charge in [0.2, 0.25) is 0 Å². The Balaban J connectivity index is 1.41. The number of hydrogen-bond donors (Lipinski definition) is 3. The minimum Gasteiger partial charge on any atom is -0.493 e. The summed E-state index contributed by atoms with van der Waals surface area (Å²) in [4.78, 5) is 7.20. The Kier molecular flexibility index (Phi) is 5.62. The molecule has 2 fully saturated rings. The molecular formula is C21H31N5O2. The van der Waals surface area contributed by atoms with Gasteiger partial charge in [-0.25, -0.2) is 4.99 Å². The first-order valence-electron chi connectivity index (χ1n) is 10.2. The number of nitrogens with zero attached hydrogens (tertiary/aromatic N) is 2. The third-order valence-corrected chi connectivity index (χ3v) is 5.54. The average Bonchev–Trinajstić information content (AvgIpc) is 3.54. The van der Waals surface area contributed by atoms with Crippen molar-refractivity contribution in [3.8, 4) is 11.5 Å². The molecule has 1 aromatic rings. The second-order valence-corrected chi connectivity index (χ2v) is 7.73. The normalized spacial score (nSPS) is 23.3. The predicted molar refractivity (Wildman–Crippen MR) is 112 cm³/mol. The maximum atomic E-state index is 6.35. The van der Waals surface area contributed by atoms with E-state index in [1.807, 2.05) is 38.2 Å². The summed E-state index contributed by atoms with van der Waals surface area (Å²) >= 11 is 0. The number of ether oxygens (including phenoxy) is 2. The molecule has 1 aliphatic carbocycles. The number of anilines is 1. The summed E-state index contributed by atoms with van der Waals surface area (Å²) in [6.07, 6.45) is 6.88. The van der Waals surface area contributed by atoms with Gasteiger partial charge in [0.25, 0.3) is 0 Å². The van der Waals surface area contributed by atoms with Crippen molar-refractivity contribution in [2.75, 3.05) is 32.6 Å². The van der Waals surface area contributed by atoms with Crippen molar-refractivity contribution in [3.05, 3.63) is 30.0 Å². The van der Waals surface area contributed by atoms with Crippen LogP contribution in [0.15, 0.2) is 35.0 Å². The summed E-state index contributed by atoms with van der Waals surface area (Å²) in [5, 5.41) is 9.83. The van der Waals surface area contributed by atoms with Gasteiger partial charge in [-0.1, -0.05) is 0 Å². The van der Waals surface area contributed by atoms with Gasteiger partial charge in [0, 0.05) is 43.6 Å². The van der Waals surface area contributed by atoms with E-state index in [2.05, 4.69) is 25.8 Å². The first-order chi connectivity index (χ1) is 13.6. The predicted octanol–water partition coefficient (Wildman–Crippen LogP) is 2.52. The van der Waals surface area contributed by atoms with Gasteiger partial charge in [-0.3, -0.25) is 0 Å². The number of allylic oxidation sites excluding steroid dienone is 1. The Bertz CT molecular complexity index is 751. The highest BCUT2D eigenvalue weighted by atomic mass is 16.5. The zero-order valence-electron chi connectivity index (χ0n) is 17.0. The van der Waals surface area contributed by atoms with Gasteiger partial charge in [-0.15, -0.1) is 0 Å². The zero-order chi connectivity index (χ0) is 19.5. The molecule has 1 atom stereocenters. The quantitative estimate of drug-likeness (QED) is 0.699. The fourth-order valence-corrected chi connectivity index (χ4v) is 3.87. The van der Waals surface area contributed by atoms with Crippen LogP contribution in [0.3, 0.4) is 0 Å². The third kappa shape index (κ3) is 4.52. The maximum absolute atomic E-state index is 6.35. The van der Waals surface area contributed by atoms with Gasteiger partial charge >= 0.3 is 0 Å². The molecular weight excluding hydrogens is 354 g/mol. The molecule has 1 aromatic carbocycles. The van der Waals surface area contributed by atoms with Crippen molar-refractivity contribution in [1.82, 2.24) is 15.5 Å². The van der Waals surface area contributed by atoms with Crippen molar-refractivity contribution in [2.45, 2.75) is 51.0 Å². The highest BCUT2D eigenvalue weighted by Crippen LogP contribution is 2.34. The summed E-state index contributed by atoms with van der Waals surface area (Å²) in [7, 11) is 3.56. The van der Waals surface area contributed by atoms with Gasteiger partial charge in [0.05, 0.1) is 7.11 Å². The standard InChI is InChI=1S/C21H31N5O2/c1-14-12-20(22-2)25-21(23-14)24-15-4-7-18(27-3)19(13-15)28-17-8-10-26(11-9-17)16-5-6-16/h4,7,12-13,16-17,21,23-24H,5-6,8-11H2,1-3H3,(H,22,25). The van der Waals surface area contributed by atoms with E-state index in [4.69, 9.17) is 9.47 Å². The molecule has 0 amide bonds. The van der Waals surface area contributed by atoms with Gasteiger partial charge in [0.1, 0.15) is 11.9 Å². The molecule has 1 saturated carbocycles. The van der Waals surface area contributed by atoms with Crippen molar-refractivity contribution in [1.29, 1.82) is 0 Å². The van der Waals surface area contributed by atoms with Gasteiger partial charge in [-0.2, -0.15) is 0 Å². The molecule has 7 heteroatoms. The summed E-state index contributed by atoms with van der Waals surface area (Å²) in [5.74, 6) is 2.40. The molecule has 0 aromatic heterocycles. The van der Waals surface area contributed by atoms with Gasteiger partial charge in [-0.05, 0) is 50.8 Å². The summed E-state index contributed by atoms with van der Waals surface area (Å²) < 4.78 is 11.9. The van der Waals surface area contributed by atoms with E-state index in [1.165, 1.54) is 12.8 Å². The lowest BCUT2D eigenvalue weighted by Crippen LogP contribution is -2.39. The second kappa shape index (κ2) is 8.31. The van der Waals surface area contributed by atoms with Crippen LogP contribution in [0.2, 0.25) is 0 Å². The maximum Gasteiger partial charge on any atom is 0.196 e. The number of amidine groups is 1. The molecule has 28 heavy (non-hydrogen) atoms. The van der Waals surface area contributed by atoms with Crippen LogP contribution in [0.5, 0.6) is 11.5 Å². The SMILES string of the molecule is CNC1=NC(Nc2ccc(OC)c(OC3CCN(C4CC4)CC3)c2)NC(C)=C1. The Morgan fingerprint density at radius 1 is 1.14 bits per heavy atom. The summed E-state index contributed by atoms with van der Waals surface area (Å²) in [5.41, 5.74) is 2.00. The summed E-state index contributed by atoms with van der Waals surface area (Å²) in [6, 6.07) is 6.79. The first-order valence-corrected chi connectivity index (χ1v) is 10.2. The Hall–Kier alpha value is -2.41. The fourth-order valence-electron chi connectivity index (χ4n) is 3.87. The van der Waals surface area contributed by atoms with Crippen molar-refractivity contribution in [3.63, 3.8) is 0 Å². The average molecular weight is 386 g/mol. The van der Waals surface area contributed by atoms with Crippen molar-refractivity contribution >= 4 is 11.5 Å². The first kappa shape index (κ1) is 18.9. The number of nitrogens with one attached hydrogen (secondary N) is 3. The lowest BCUT2D eigenvalue weighted by molar-refractivity contribution is 0.0941. The van der Waals surface area contributed by atoms with E-state index in [9.17, 15) is 0 Å². The van der Waals surface area contributed by atoms with E-state index >= 15 is 0 Å². The second-order valence-electron chi connectivity index (χ2n) is 7.73. The van der Waals surface area contributed by atoms with Crippen LogP contribution < -0.4 is 25.4 Å². The van der Waals surface area contributed by atoms with Crippen LogP contribution >= 0.6 is 0 Å². The molecule has 0 bridgehead atoms. The van der Waals surface area contributed by atoms with Gasteiger partial charge < -0.3 is 30.3 Å². The number of hydrogen-bond acceptors (Lipinski definition) is 7. The molecule has 2 heterocycles. The van der Waals surface area contributed by atoms with Crippen LogP contribution in [0.1, 0.15) is 32.6 Å². The molecule has 152 valence electrons. The monoisotopic (exact) mass is 385 g/mol. The van der Waals surface area contributed by atoms with E-state index < -0.39 is 0 Å². The topological polar surface area (TPSA) is 70.2 Å². The number of piperidine rings is 1. The molecule has 1 unspecified atom stereocenters. The van der Waals surface area contributed by atoms with E-state index in [0.717, 1.165) is 60.7 Å². The minimum atomic E-state index is -0.226. The van der Waals surface area contributed by atoms with Crippen LogP contribution in [0.25, 0.3) is 0 Å². The third-order valence-electron chi connectivity index (χ3n) is 5.54. The number of benzene rings is 1. The van der Waals surface area contributed by atoms with E-state index in [1.54, 1.807) is 7.11 Å². The number of rotatable bonds is 6. The molecule has 3 aliphatic rings. The summed E-state index contributed by atoms with van der Waals surface area (Å²) in [6.45, 7) is 4.29. The molecule has 0 radical (unpaired) electrons. The Labute approximate surface area is 167 Å². The number of likely N-dealkylation sites (tertiary alicyclic amines) is 1. The number of methoxy groups -OCH3 is 1. The van der Waals surface area contributed by atoms with Crippen LogP contribution in [0, 0.1) is 0 Å². The van der Waals surface area contributed by atoms with Crippen LogP contribution in [-0.4, -0.2) is 56.4 Å². The molecule has 4 rings (SSSR count). The lowest BCUT2D eigenvalue weighted by Gasteiger charge is -2.32.